The van der Waals surface area contributed by atoms with E-state index in [4.69, 9.17) is 0 Å². The smallest absolute Gasteiger partial charge is 0.0642 e. The molecule has 2 heteroatoms. The van der Waals surface area contributed by atoms with Crippen LogP contribution >= 0.6 is 0 Å². The molecule has 0 unspecified atom stereocenters. The second kappa shape index (κ2) is 3.97. The van der Waals surface area contributed by atoms with Crippen molar-refractivity contribution in [2.75, 3.05) is 0 Å². The van der Waals surface area contributed by atoms with Crippen LogP contribution in [0.15, 0.2) is 18.2 Å². The van der Waals surface area contributed by atoms with Crippen molar-refractivity contribution in [1.82, 2.24) is 0 Å². The van der Waals surface area contributed by atoms with Crippen LogP contribution in [-0.4, -0.2) is 10.2 Å². The number of hydrogen-bond donors (Lipinski definition) is 0. The van der Waals surface area contributed by atoms with Gasteiger partial charge >= 0.3 is 0 Å². The summed E-state index contributed by atoms with van der Waals surface area (Å²) in [5, 5.41) is 1.19. The Kier molecular flexibility index (Phi) is 3.95. The summed E-state index contributed by atoms with van der Waals surface area (Å²) in [6.45, 7) is 4.22. The van der Waals surface area contributed by atoms with Crippen molar-refractivity contribution >= 4 is 15.4 Å². The predicted octanol–water partition coefficient (Wildman–Crippen LogP) is 1.09. The fraction of sp³-hybridized carbons (Fsp3) is 0.250. The minimum Gasteiger partial charge on any atom is -0.0642 e. The molecule has 1 aromatic rings. The maximum Gasteiger partial charge on any atom is 0.0715 e. The van der Waals surface area contributed by atoms with E-state index in [0.717, 1.165) is 0 Å². The van der Waals surface area contributed by atoms with Gasteiger partial charge in [-0.3, -0.25) is 0 Å². The molecule has 1 aromatic carbocycles. The predicted molar refractivity (Wildman–Crippen MR) is 41.3 cm³/mol. The molecule has 0 fully saturated rings. The molecule has 56 valence electrons. The summed E-state index contributed by atoms with van der Waals surface area (Å²) in [6.07, 6.45) is 0. The molecule has 0 atom stereocenters. The summed E-state index contributed by atoms with van der Waals surface area (Å²) < 4.78 is 0. The van der Waals surface area contributed by atoms with E-state index < -0.39 is 0 Å². The largest absolute Gasteiger partial charge is 0.0715 e. The Bertz CT molecular complexity index is 200. The van der Waals surface area contributed by atoms with Crippen molar-refractivity contribution in [2.45, 2.75) is 13.8 Å². The van der Waals surface area contributed by atoms with Crippen LogP contribution in [0.4, 0.5) is 0 Å². The molecule has 0 N–H and O–H groups in total. The molecule has 0 aliphatic heterocycles. The average molecular weight is 197 g/mol. The monoisotopic (exact) mass is 196 g/mol. The van der Waals surface area contributed by atoms with Gasteiger partial charge in [0.2, 0.25) is 0 Å². The molecule has 0 saturated carbocycles. The van der Waals surface area contributed by atoms with Gasteiger partial charge in [-0.15, -0.1) is 0 Å². The van der Waals surface area contributed by atoms with Crippen LogP contribution in [0.1, 0.15) is 11.1 Å². The Morgan fingerprint density at radius 2 is 1.80 bits per heavy atom. The van der Waals surface area contributed by atoms with Gasteiger partial charge in [-0.1, -0.05) is 23.4 Å². The molecule has 0 aromatic heterocycles. The van der Waals surface area contributed by atoms with Crippen molar-refractivity contribution in [3.63, 3.8) is 0 Å². The summed E-state index contributed by atoms with van der Waals surface area (Å²) in [6, 6.07) is 6.21. The molecule has 0 aliphatic rings. The zero-order chi connectivity index (χ0) is 6.85. The van der Waals surface area contributed by atoms with E-state index in [2.05, 4.69) is 36.2 Å². The fourth-order valence-corrected chi connectivity index (χ4v) is 1.04. The van der Waals surface area contributed by atoms with Crippen molar-refractivity contribution in [3.05, 3.63) is 29.3 Å². The van der Waals surface area contributed by atoms with E-state index in [0.29, 0.717) is 0 Å². The van der Waals surface area contributed by atoms with Crippen LogP contribution in [0, 0.1) is 13.8 Å². The van der Waals surface area contributed by atoms with Crippen molar-refractivity contribution in [2.24, 2.45) is 0 Å². The van der Waals surface area contributed by atoms with Gasteiger partial charge in [0.25, 0.3) is 0 Å². The molecule has 4 radical (unpaired) electrons. The van der Waals surface area contributed by atoms with Gasteiger partial charge in [0, 0.05) is 17.1 Å². The van der Waals surface area contributed by atoms with Gasteiger partial charge in [-0.2, -0.15) is 0 Å². The van der Waals surface area contributed by atoms with Crippen LogP contribution in [0.2, 0.25) is 0 Å². The van der Waals surface area contributed by atoms with Gasteiger partial charge in [0.15, 0.2) is 0 Å². The minimum absolute atomic E-state index is 0. The van der Waals surface area contributed by atoms with Gasteiger partial charge in [-0.25, -0.2) is 0 Å². The maximum atomic E-state index is 3.49. The number of benzene rings is 1. The van der Waals surface area contributed by atoms with Gasteiger partial charge < -0.3 is 0 Å². The molecule has 0 saturated heterocycles. The standard InChI is InChI=1S/C8H9Si.Cu/c1-6-4-3-5-8(9)7(6)2;/h3-5H,1-2H3;. The van der Waals surface area contributed by atoms with E-state index in [1.54, 1.807) is 0 Å². The fourth-order valence-electron chi connectivity index (χ4n) is 0.751. The van der Waals surface area contributed by atoms with Crippen LogP contribution in [0.3, 0.4) is 0 Å². The first kappa shape index (κ1) is 9.96. The SMILES string of the molecule is Cc1cccc([Si])c1C.[Cu]. The van der Waals surface area contributed by atoms with E-state index in [-0.39, 0.29) is 17.1 Å². The second-order valence-electron chi connectivity index (χ2n) is 2.25. The molecule has 0 nitrogen and oxygen atoms in total. The summed E-state index contributed by atoms with van der Waals surface area (Å²) in [4.78, 5) is 0. The first-order chi connectivity index (χ1) is 4.22. The van der Waals surface area contributed by atoms with Gasteiger partial charge in [0.1, 0.15) is 0 Å². The summed E-state index contributed by atoms with van der Waals surface area (Å²) in [5.74, 6) is 0. The van der Waals surface area contributed by atoms with Crippen LogP contribution in [0.5, 0.6) is 0 Å². The second-order valence-corrected chi connectivity index (χ2v) is 2.79. The van der Waals surface area contributed by atoms with E-state index in [1.807, 2.05) is 6.07 Å². The molecular formula is C8H9CuSi. The van der Waals surface area contributed by atoms with E-state index >= 15 is 0 Å². The molecule has 10 heavy (non-hydrogen) atoms. The zero-order valence-electron chi connectivity index (χ0n) is 6.03. The van der Waals surface area contributed by atoms with Crippen LogP contribution in [0.25, 0.3) is 0 Å². The zero-order valence-corrected chi connectivity index (χ0v) is 7.98. The topological polar surface area (TPSA) is 0 Å². The molecule has 0 amide bonds. The van der Waals surface area contributed by atoms with E-state index in [1.165, 1.54) is 16.3 Å². The Balaban J connectivity index is 0.000000810. The first-order valence-electron chi connectivity index (χ1n) is 2.99. The quantitative estimate of drug-likeness (QED) is 0.546. The molecule has 0 aliphatic carbocycles. The first-order valence-corrected chi connectivity index (χ1v) is 3.49. The number of hydrogen-bond acceptors (Lipinski definition) is 0. The Hall–Kier alpha value is -0.0436. The molecule has 0 spiro atoms. The Morgan fingerprint density at radius 1 is 1.20 bits per heavy atom. The molecular weight excluding hydrogens is 188 g/mol. The summed E-state index contributed by atoms with van der Waals surface area (Å²) >= 11 is 0. The third-order valence-corrected chi connectivity index (χ3v) is 2.15. The summed E-state index contributed by atoms with van der Waals surface area (Å²) in [7, 11) is 3.49. The van der Waals surface area contributed by atoms with Crippen LogP contribution in [-0.2, 0) is 17.1 Å². The normalized spacial score (nSPS) is 8.70. The van der Waals surface area contributed by atoms with Crippen molar-refractivity contribution in [3.8, 4) is 0 Å². The summed E-state index contributed by atoms with van der Waals surface area (Å²) in [5.41, 5.74) is 2.66. The van der Waals surface area contributed by atoms with Crippen molar-refractivity contribution < 1.29 is 17.1 Å². The van der Waals surface area contributed by atoms with Crippen LogP contribution < -0.4 is 5.19 Å². The van der Waals surface area contributed by atoms with Gasteiger partial charge in [-0.05, 0) is 25.0 Å². The minimum atomic E-state index is 0. The molecule has 0 heterocycles. The Labute approximate surface area is 75.9 Å². The average Bonchev–Trinajstić information content (AvgIpc) is 1.83. The third-order valence-electron chi connectivity index (χ3n) is 1.60. The number of aryl methyl sites for hydroxylation is 1. The number of rotatable bonds is 0. The molecule has 1 rings (SSSR count). The van der Waals surface area contributed by atoms with Gasteiger partial charge in [0.05, 0.1) is 10.2 Å². The third kappa shape index (κ3) is 1.98. The Morgan fingerprint density at radius 3 is 2.20 bits per heavy atom. The van der Waals surface area contributed by atoms with E-state index in [9.17, 15) is 0 Å². The maximum absolute atomic E-state index is 3.49. The van der Waals surface area contributed by atoms with Crippen molar-refractivity contribution in [1.29, 1.82) is 0 Å². The molecule has 0 bridgehead atoms.